The Kier molecular flexibility index (Phi) is 3.88. The lowest BCUT2D eigenvalue weighted by Gasteiger charge is -2.08. The maximum atomic E-state index is 11.5. The van der Waals surface area contributed by atoms with Crippen LogP contribution in [0.3, 0.4) is 0 Å². The van der Waals surface area contributed by atoms with Gasteiger partial charge in [-0.05, 0) is 38.6 Å². The van der Waals surface area contributed by atoms with Gasteiger partial charge in [-0.1, -0.05) is 17.7 Å². The van der Waals surface area contributed by atoms with Crippen molar-refractivity contribution >= 4 is 9.84 Å². The van der Waals surface area contributed by atoms with Gasteiger partial charge in [0.05, 0.1) is 4.90 Å². The first-order valence-electron chi connectivity index (χ1n) is 4.89. The Bertz CT molecular complexity index is 438. The van der Waals surface area contributed by atoms with Gasteiger partial charge in [0.25, 0.3) is 0 Å². The summed E-state index contributed by atoms with van der Waals surface area (Å²) >= 11 is 0. The van der Waals surface area contributed by atoms with Gasteiger partial charge in [0.15, 0.2) is 9.84 Å². The number of hydrogen-bond acceptors (Lipinski definition) is 3. The summed E-state index contributed by atoms with van der Waals surface area (Å²) in [5.41, 5.74) is 1.99. The van der Waals surface area contributed by atoms with Gasteiger partial charge in [0.1, 0.15) is 0 Å². The minimum atomic E-state index is -3.11. The van der Waals surface area contributed by atoms with Crippen LogP contribution in [0.15, 0.2) is 23.1 Å². The standard InChI is InChI=1S/C11H17NO2S/c1-9-4-5-11(15(3,13)14)10(8-9)6-7-12-2/h4-5,8,12H,6-7H2,1-3H3. The van der Waals surface area contributed by atoms with Crippen molar-refractivity contribution < 1.29 is 8.42 Å². The predicted octanol–water partition coefficient (Wildman–Crippen LogP) is 1.16. The van der Waals surface area contributed by atoms with Gasteiger partial charge < -0.3 is 5.32 Å². The van der Waals surface area contributed by atoms with Gasteiger partial charge in [-0.3, -0.25) is 0 Å². The van der Waals surface area contributed by atoms with Gasteiger partial charge in [-0.2, -0.15) is 0 Å². The van der Waals surface area contributed by atoms with Crippen LogP contribution in [-0.2, 0) is 16.3 Å². The maximum absolute atomic E-state index is 11.5. The first-order chi connectivity index (χ1) is 6.95. The Hall–Kier alpha value is -0.870. The summed E-state index contributed by atoms with van der Waals surface area (Å²) in [4.78, 5) is 0.448. The van der Waals surface area contributed by atoms with Gasteiger partial charge in [-0.25, -0.2) is 8.42 Å². The monoisotopic (exact) mass is 227 g/mol. The Balaban J connectivity index is 3.15. The molecule has 0 fully saturated rings. The second-order valence-electron chi connectivity index (χ2n) is 3.74. The molecule has 0 heterocycles. The van der Waals surface area contributed by atoms with Crippen molar-refractivity contribution in [3.63, 3.8) is 0 Å². The summed E-state index contributed by atoms with van der Waals surface area (Å²) in [7, 11) is -1.25. The van der Waals surface area contributed by atoms with E-state index in [0.29, 0.717) is 4.90 Å². The third-order valence-electron chi connectivity index (χ3n) is 2.26. The van der Waals surface area contributed by atoms with Crippen molar-refractivity contribution in [3.8, 4) is 0 Å². The van der Waals surface area contributed by atoms with E-state index in [2.05, 4.69) is 5.32 Å². The van der Waals surface area contributed by atoms with Crippen LogP contribution in [0.1, 0.15) is 11.1 Å². The van der Waals surface area contributed by atoms with Crippen LogP contribution in [0.2, 0.25) is 0 Å². The van der Waals surface area contributed by atoms with E-state index in [4.69, 9.17) is 0 Å². The van der Waals surface area contributed by atoms with E-state index < -0.39 is 9.84 Å². The highest BCUT2D eigenvalue weighted by atomic mass is 32.2. The zero-order chi connectivity index (χ0) is 11.5. The number of rotatable bonds is 4. The van der Waals surface area contributed by atoms with E-state index in [1.807, 2.05) is 26.1 Å². The normalized spacial score (nSPS) is 11.7. The number of likely N-dealkylation sites (N-methyl/N-ethyl adjacent to an activating group) is 1. The maximum Gasteiger partial charge on any atom is 0.175 e. The van der Waals surface area contributed by atoms with E-state index >= 15 is 0 Å². The third-order valence-corrected chi connectivity index (χ3v) is 3.46. The third kappa shape index (κ3) is 3.32. The molecule has 0 amide bonds. The molecule has 0 unspecified atom stereocenters. The van der Waals surface area contributed by atoms with Gasteiger partial charge in [-0.15, -0.1) is 0 Å². The Morgan fingerprint density at radius 2 is 2.00 bits per heavy atom. The molecular weight excluding hydrogens is 210 g/mol. The average molecular weight is 227 g/mol. The van der Waals surface area contributed by atoms with E-state index in [9.17, 15) is 8.42 Å². The van der Waals surface area contributed by atoms with Gasteiger partial charge in [0.2, 0.25) is 0 Å². The zero-order valence-electron chi connectivity index (χ0n) is 9.37. The summed E-state index contributed by atoms with van der Waals surface area (Å²) < 4.78 is 23.0. The largest absolute Gasteiger partial charge is 0.319 e. The summed E-state index contributed by atoms with van der Waals surface area (Å²) in [6, 6.07) is 5.46. The first kappa shape index (κ1) is 12.2. The fraction of sp³-hybridized carbons (Fsp3) is 0.455. The van der Waals surface area contributed by atoms with Crippen molar-refractivity contribution in [2.75, 3.05) is 19.8 Å². The second kappa shape index (κ2) is 4.77. The van der Waals surface area contributed by atoms with Crippen molar-refractivity contribution in [2.45, 2.75) is 18.2 Å². The zero-order valence-corrected chi connectivity index (χ0v) is 10.2. The number of hydrogen-bond donors (Lipinski definition) is 1. The molecule has 0 aliphatic rings. The fourth-order valence-electron chi connectivity index (χ4n) is 1.53. The number of nitrogens with one attached hydrogen (secondary N) is 1. The molecule has 0 saturated carbocycles. The average Bonchev–Trinajstić information content (AvgIpc) is 2.12. The quantitative estimate of drug-likeness (QED) is 0.839. The lowest BCUT2D eigenvalue weighted by Crippen LogP contribution is -2.13. The van der Waals surface area contributed by atoms with E-state index in [1.54, 1.807) is 6.07 Å². The highest BCUT2D eigenvalue weighted by Crippen LogP contribution is 2.17. The van der Waals surface area contributed by atoms with E-state index in [1.165, 1.54) is 6.26 Å². The van der Waals surface area contributed by atoms with E-state index in [0.717, 1.165) is 24.1 Å². The Morgan fingerprint density at radius 3 is 2.53 bits per heavy atom. The molecule has 4 heteroatoms. The molecule has 0 saturated heterocycles. The summed E-state index contributed by atoms with van der Waals surface area (Å²) in [5, 5.41) is 3.02. The van der Waals surface area contributed by atoms with Crippen molar-refractivity contribution in [1.82, 2.24) is 5.32 Å². The van der Waals surface area contributed by atoms with Crippen molar-refractivity contribution in [2.24, 2.45) is 0 Å². The van der Waals surface area contributed by atoms with Crippen LogP contribution in [0.4, 0.5) is 0 Å². The molecule has 0 aromatic heterocycles. The molecular formula is C11H17NO2S. The predicted molar refractivity (Wildman–Crippen MR) is 61.9 cm³/mol. The molecule has 0 atom stereocenters. The van der Waals surface area contributed by atoms with Gasteiger partial charge in [0, 0.05) is 6.26 Å². The molecule has 1 N–H and O–H groups in total. The molecule has 3 nitrogen and oxygen atoms in total. The second-order valence-corrected chi connectivity index (χ2v) is 5.72. The molecule has 1 aromatic carbocycles. The topological polar surface area (TPSA) is 46.2 Å². The van der Waals surface area contributed by atoms with Crippen LogP contribution in [0.5, 0.6) is 0 Å². The molecule has 0 bridgehead atoms. The van der Waals surface area contributed by atoms with Crippen LogP contribution in [-0.4, -0.2) is 28.3 Å². The molecule has 1 rings (SSSR count). The summed E-state index contributed by atoms with van der Waals surface area (Å²) in [6.45, 7) is 2.75. The molecule has 15 heavy (non-hydrogen) atoms. The minimum absolute atomic E-state index is 0.448. The van der Waals surface area contributed by atoms with Crippen molar-refractivity contribution in [3.05, 3.63) is 29.3 Å². The fourth-order valence-corrected chi connectivity index (χ4v) is 2.48. The minimum Gasteiger partial charge on any atom is -0.319 e. The van der Waals surface area contributed by atoms with Gasteiger partial charge >= 0.3 is 0 Å². The van der Waals surface area contributed by atoms with Crippen LogP contribution < -0.4 is 5.32 Å². The molecule has 0 spiro atoms. The summed E-state index contributed by atoms with van der Waals surface area (Å²) in [6.07, 6.45) is 1.99. The molecule has 0 aliphatic carbocycles. The number of sulfone groups is 1. The lowest BCUT2D eigenvalue weighted by atomic mass is 10.1. The molecule has 0 radical (unpaired) electrons. The van der Waals surface area contributed by atoms with E-state index in [-0.39, 0.29) is 0 Å². The Morgan fingerprint density at radius 1 is 1.33 bits per heavy atom. The summed E-state index contributed by atoms with van der Waals surface area (Å²) in [5.74, 6) is 0. The molecule has 1 aromatic rings. The number of aryl methyl sites for hydroxylation is 1. The lowest BCUT2D eigenvalue weighted by molar-refractivity contribution is 0.600. The smallest absolute Gasteiger partial charge is 0.175 e. The number of benzene rings is 1. The molecule has 0 aliphatic heterocycles. The first-order valence-corrected chi connectivity index (χ1v) is 6.78. The highest BCUT2D eigenvalue weighted by molar-refractivity contribution is 7.90. The SMILES string of the molecule is CNCCc1cc(C)ccc1S(C)(=O)=O. The van der Waals surface area contributed by atoms with Crippen LogP contribution in [0, 0.1) is 6.92 Å². The molecule has 84 valence electrons. The Labute approximate surface area is 91.4 Å². The highest BCUT2D eigenvalue weighted by Gasteiger charge is 2.12. The van der Waals surface area contributed by atoms with Crippen molar-refractivity contribution in [1.29, 1.82) is 0 Å². The van der Waals surface area contributed by atoms with Crippen LogP contribution >= 0.6 is 0 Å². The van der Waals surface area contributed by atoms with Crippen LogP contribution in [0.25, 0.3) is 0 Å².